The Labute approximate surface area is 61.5 Å². The van der Waals surface area contributed by atoms with Crippen molar-refractivity contribution in [3.63, 3.8) is 0 Å². The van der Waals surface area contributed by atoms with Gasteiger partial charge in [0.25, 0.3) is 0 Å². The quantitative estimate of drug-likeness (QED) is 0.677. The Morgan fingerprint density at radius 2 is 2.70 bits per heavy atom. The van der Waals surface area contributed by atoms with Gasteiger partial charge in [-0.3, -0.25) is 4.79 Å². The molecule has 0 aliphatic carbocycles. The van der Waals surface area contributed by atoms with Gasteiger partial charge in [0.15, 0.2) is 5.13 Å². The number of carbonyl (C=O) groups is 1. The van der Waals surface area contributed by atoms with E-state index < -0.39 is 5.97 Å². The molecule has 0 aliphatic heterocycles. The molecule has 2 N–H and O–H groups in total. The molecule has 0 aliphatic rings. The molecule has 1 rings (SSSR count). The van der Waals surface area contributed by atoms with Crippen LogP contribution in [0.15, 0.2) is 11.6 Å². The molecule has 10 heavy (non-hydrogen) atoms. The van der Waals surface area contributed by atoms with Crippen LogP contribution in [-0.4, -0.2) is 22.6 Å². The third-order valence-electron chi connectivity index (χ3n) is 0.823. The second-order valence-corrected chi connectivity index (χ2v) is 2.48. The van der Waals surface area contributed by atoms with Crippen LogP contribution in [0.4, 0.5) is 5.13 Å². The van der Waals surface area contributed by atoms with E-state index >= 15 is 0 Å². The summed E-state index contributed by atoms with van der Waals surface area (Å²) in [6.45, 7) is -0.0759. The fraction of sp³-hybridized carbons (Fsp3) is 0.200. The van der Waals surface area contributed by atoms with Crippen molar-refractivity contribution >= 4 is 22.4 Å². The topological polar surface area (TPSA) is 62.2 Å². The number of hydrogen-bond donors (Lipinski definition) is 2. The van der Waals surface area contributed by atoms with E-state index in [0.717, 1.165) is 0 Å². The average Bonchev–Trinajstić information content (AvgIpc) is 2.34. The van der Waals surface area contributed by atoms with Gasteiger partial charge in [-0.25, -0.2) is 4.98 Å². The molecule has 0 bridgehead atoms. The average molecular weight is 158 g/mol. The molecule has 0 unspecified atom stereocenters. The summed E-state index contributed by atoms with van der Waals surface area (Å²) in [5.74, 6) is -0.879. The first-order valence-electron chi connectivity index (χ1n) is 2.64. The number of nitrogens with zero attached hydrogens (tertiary/aromatic N) is 1. The van der Waals surface area contributed by atoms with Gasteiger partial charge in [-0.15, -0.1) is 11.3 Å². The zero-order valence-electron chi connectivity index (χ0n) is 5.07. The molecule has 1 aromatic heterocycles. The summed E-state index contributed by atoms with van der Waals surface area (Å²) in [4.78, 5) is 13.8. The molecule has 0 aromatic carbocycles. The molecule has 0 spiro atoms. The minimum absolute atomic E-state index is 0.0759. The van der Waals surface area contributed by atoms with Gasteiger partial charge in [-0.1, -0.05) is 0 Å². The number of hydrogen-bond acceptors (Lipinski definition) is 4. The van der Waals surface area contributed by atoms with Crippen molar-refractivity contribution in [1.82, 2.24) is 4.98 Å². The van der Waals surface area contributed by atoms with Crippen LogP contribution in [0, 0.1) is 0 Å². The van der Waals surface area contributed by atoms with Crippen LogP contribution in [0.5, 0.6) is 0 Å². The van der Waals surface area contributed by atoms with Crippen molar-refractivity contribution in [2.45, 2.75) is 0 Å². The van der Waals surface area contributed by atoms with Gasteiger partial charge in [-0.2, -0.15) is 0 Å². The highest BCUT2D eigenvalue weighted by Gasteiger charge is 1.96. The van der Waals surface area contributed by atoms with Crippen LogP contribution < -0.4 is 5.32 Å². The van der Waals surface area contributed by atoms with Crippen LogP contribution in [-0.2, 0) is 4.79 Å². The second-order valence-electron chi connectivity index (χ2n) is 1.58. The van der Waals surface area contributed by atoms with E-state index in [9.17, 15) is 4.79 Å². The third-order valence-corrected chi connectivity index (χ3v) is 1.55. The summed E-state index contributed by atoms with van der Waals surface area (Å²) in [5, 5.41) is 13.3. The smallest absolute Gasteiger partial charge is 0.322 e. The molecule has 1 heterocycles. The van der Waals surface area contributed by atoms with Gasteiger partial charge in [0, 0.05) is 11.6 Å². The van der Waals surface area contributed by atoms with E-state index in [1.54, 1.807) is 11.6 Å². The van der Waals surface area contributed by atoms with Crippen LogP contribution in [0.25, 0.3) is 0 Å². The predicted octanol–water partition coefficient (Wildman–Crippen LogP) is 0.640. The first kappa shape index (κ1) is 7.01. The van der Waals surface area contributed by atoms with Gasteiger partial charge >= 0.3 is 5.97 Å². The van der Waals surface area contributed by atoms with E-state index in [4.69, 9.17) is 5.11 Å². The molecular weight excluding hydrogens is 152 g/mol. The number of thiazole rings is 1. The van der Waals surface area contributed by atoms with Crippen molar-refractivity contribution < 1.29 is 9.90 Å². The maximum Gasteiger partial charge on any atom is 0.322 e. The lowest BCUT2D eigenvalue weighted by molar-refractivity contribution is -0.134. The highest BCUT2D eigenvalue weighted by molar-refractivity contribution is 7.13. The van der Waals surface area contributed by atoms with Gasteiger partial charge in [-0.05, 0) is 0 Å². The van der Waals surface area contributed by atoms with Crippen molar-refractivity contribution in [3.8, 4) is 0 Å². The van der Waals surface area contributed by atoms with Crippen molar-refractivity contribution in [1.29, 1.82) is 0 Å². The van der Waals surface area contributed by atoms with Gasteiger partial charge < -0.3 is 10.4 Å². The Morgan fingerprint density at radius 3 is 3.20 bits per heavy atom. The summed E-state index contributed by atoms with van der Waals surface area (Å²) in [6.07, 6.45) is 1.62. The predicted molar refractivity (Wildman–Crippen MR) is 38.2 cm³/mol. The number of aromatic nitrogens is 1. The molecule has 0 amide bonds. The SMILES string of the molecule is O=C(O)CNc1nccs1. The summed E-state index contributed by atoms with van der Waals surface area (Å²) >= 11 is 1.38. The van der Waals surface area contributed by atoms with Gasteiger partial charge in [0.05, 0.1) is 0 Å². The number of nitrogens with one attached hydrogen (secondary N) is 1. The largest absolute Gasteiger partial charge is 0.480 e. The molecule has 54 valence electrons. The standard InChI is InChI=1S/C5H6N2O2S/c8-4(9)3-7-5-6-1-2-10-5/h1-2H,3H2,(H,6,7)(H,8,9). The number of aliphatic carboxylic acids is 1. The molecule has 0 radical (unpaired) electrons. The lowest BCUT2D eigenvalue weighted by atomic mass is 10.7. The normalized spacial score (nSPS) is 9.20. The first-order valence-corrected chi connectivity index (χ1v) is 3.52. The maximum absolute atomic E-state index is 10.0. The lowest BCUT2D eigenvalue weighted by Gasteiger charge is -1.94. The fourth-order valence-corrected chi connectivity index (χ4v) is 0.990. The molecule has 0 atom stereocenters. The van der Waals surface area contributed by atoms with Crippen LogP contribution in [0.3, 0.4) is 0 Å². The first-order chi connectivity index (χ1) is 4.79. The molecular formula is C5H6N2O2S. The molecule has 0 fully saturated rings. The highest BCUT2D eigenvalue weighted by atomic mass is 32.1. The lowest BCUT2D eigenvalue weighted by Crippen LogP contribution is -2.11. The van der Waals surface area contributed by atoms with Gasteiger partial charge in [0.2, 0.25) is 0 Å². The summed E-state index contributed by atoms with van der Waals surface area (Å²) in [7, 11) is 0. The van der Waals surface area contributed by atoms with Crippen molar-refractivity contribution in [2.75, 3.05) is 11.9 Å². The zero-order chi connectivity index (χ0) is 7.40. The number of rotatable bonds is 3. The van der Waals surface area contributed by atoms with E-state index in [1.807, 2.05) is 0 Å². The zero-order valence-corrected chi connectivity index (χ0v) is 5.89. The Hall–Kier alpha value is -1.10. The maximum atomic E-state index is 10.0. The minimum Gasteiger partial charge on any atom is -0.480 e. The summed E-state index contributed by atoms with van der Waals surface area (Å²) < 4.78 is 0. The Kier molecular flexibility index (Phi) is 2.22. The Bertz CT molecular complexity index is 209. The molecule has 0 saturated carbocycles. The van der Waals surface area contributed by atoms with E-state index in [1.165, 1.54) is 11.3 Å². The second kappa shape index (κ2) is 3.17. The molecule has 4 nitrogen and oxygen atoms in total. The van der Waals surface area contributed by atoms with Crippen molar-refractivity contribution in [3.05, 3.63) is 11.6 Å². The minimum atomic E-state index is -0.879. The van der Waals surface area contributed by atoms with E-state index in [-0.39, 0.29) is 6.54 Å². The van der Waals surface area contributed by atoms with Gasteiger partial charge in [0.1, 0.15) is 6.54 Å². The highest BCUT2D eigenvalue weighted by Crippen LogP contribution is 2.08. The van der Waals surface area contributed by atoms with Crippen LogP contribution in [0.1, 0.15) is 0 Å². The monoisotopic (exact) mass is 158 g/mol. The summed E-state index contributed by atoms with van der Waals surface area (Å²) in [5.41, 5.74) is 0. The number of anilines is 1. The number of carboxylic acids is 1. The van der Waals surface area contributed by atoms with E-state index in [2.05, 4.69) is 10.3 Å². The fourth-order valence-electron chi connectivity index (χ4n) is 0.462. The Morgan fingerprint density at radius 1 is 1.90 bits per heavy atom. The molecule has 5 heteroatoms. The third kappa shape index (κ3) is 2.02. The Balaban J connectivity index is 2.35. The molecule has 0 saturated heterocycles. The van der Waals surface area contributed by atoms with Crippen LogP contribution in [0.2, 0.25) is 0 Å². The van der Waals surface area contributed by atoms with E-state index in [0.29, 0.717) is 5.13 Å². The van der Waals surface area contributed by atoms with Crippen LogP contribution >= 0.6 is 11.3 Å². The van der Waals surface area contributed by atoms with Crippen molar-refractivity contribution in [2.24, 2.45) is 0 Å². The number of carboxylic acid groups (broad SMARTS) is 1. The summed E-state index contributed by atoms with van der Waals surface area (Å²) in [6, 6.07) is 0. The molecule has 1 aromatic rings.